The first-order chi connectivity index (χ1) is 14.0. The second kappa shape index (κ2) is 7.43. The quantitative estimate of drug-likeness (QED) is 0.697. The van der Waals surface area contributed by atoms with Crippen molar-refractivity contribution >= 4 is 11.9 Å². The number of carbonyl (C=O) groups excluding carboxylic acids is 1. The van der Waals surface area contributed by atoms with Gasteiger partial charge < -0.3 is 15.8 Å². The van der Waals surface area contributed by atoms with Crippen molar-refractivity contribution < 1.29 is 9.53 Å². The van der Waals surface area contributed by atoms with Crippen LogP contribution in [0.1, 0.15) is 31.0 Å². The Kier molecular flexibility index (Phi) is 4.80. The minimum Gasteiger partial charge on any atom is -0.494 e. The number of nitrogens with two attached hydrogens (primary N) is 1. The molecule has 0 radical (unpaired) electrons. The number of nitrogens with one attached hydrogen (secondary N) is 1. The lowest BCUT2D eigenvalue weighted by Gasteiger charge is -2.27. The van der Waals surface area contributed by atoms with Crippen LogP contribution < -0.4 is 15.8 Å². The second-order valence-corrected chi connectivity index (χ2v) is 7.00. The van der Waals surface area contributed by atoms with Crippen LogP contribution in [-0.4, -0.2) is 27.3 Å². The van der Waals surface area contributed by atoms with Crippen LogP contribution in [0.4, 0.5) is 5.95 Å². The van der Waals surface area contributed by atoms with E-state index in [1.54, 1.807) is 4.68 Å². The Hall–Kier alpha value is -3.61. The minimum atomic E-state index is -0.494. The number of aryl methyl sites for hydroxylation is 1. The Morgan fingerprint density at radius 3 is 2.45 bits per heavy atom. The fraction of sp³-hybridized carbons (Fsp3) is 0.227. The third-order valence-corrected chi connectivity index (χ3v) is 4.93. The molecular weight excluding hydrogens is 366 g/mol. The van der Waals surface area contributed by atoms with E-state index in [0.29, 0.717) is 29.6 Å². The highest BCUT2D eigenvalue weighted by Crippen LogP contribution is 2.36. The third-order valence-electron chi connectivity index (χ3n) is 4.93. The number of rotatable bonds is 5. The van der Waals surface area contributed by atoms with Gasteiger partial charge in [0.1, 0.15) is 11.8 Å². The van der Waals surface area contributed by atoms with Gasteiger partial charge >= 0.3 is 0 Å². The lowest BCUT2D eigenvalue weighted by atomic mass is 9.95. The number of benzene rings is 2. The summed E-state index contributed by atoms with van der Waals surface area (Å²) in [6, 6.07) is 15.2. The van der Waals surface area contributed by atoms with E-state index in [4.69, 9.17) is 15.6 Å². The number of anilines is 1. The van der Waals surface area contributed by atoms with Crippen LogP contribution in [0.3, 0.4) is 0 Å². The van der Waals surface area contributed by atoms with E-state index in [1.165, 1.54) is 0 Å². The molecule has 7 heteroatoms. The van der Waals surface area contributed by atoms with Crippen molar-refractivity contribution in [2.75, 3.05) is 11.9 Å². The molecule has 0 bridgehead atoms. The molecule has 2 aromatic carbocycles. The van der Waals surface area contributed by atoms with Crippen molar-refractivity contribution in [3.63, 3.8) is 0 Å². The lowest BCUT2D eigenvalue weighted by molar-refractivity contribution is -0.115. The Morgan fingerprint density at radius 1 is 1.14 bits per heavy atom. The van der Waals surface area contributed by atoms with Gasteiger partial charge in [-0.05, 0) is 38.5 Å². The fourth-order valence-corrected chi connectivity index (χ4v) is 3.52. The van der Waals surface area contributed by atoms with Crippen molar-refractivity contribution in [2.45, 2.75) is 26.8 Å². The van der Waals surface area contributed by atoms with Crippen molar-refractivity contribution in [3.8, 4) is 17.1 Å². The van der Waals surface area contributed by atoms with E-state index in [1.807, 2.05) is 69.3 Å². The maximum absolute atomic E-state index is 12.3. The molecule has 3 N–H and O–H groups in total. The SMILES string of the molecule is CCOc1ccc(C2C(C(N)=O)=C(C)Nc3nc(-c4ccc(C)cc4)nn32)cc1. The topological polar surface area (TPSA) is 95.1 Å². The van der Waals surface area contributed by atoms with E-state index >= 15 is 0 Å². The molecule has 1 aliphatic rings. The van der Waals surface area contributed by atoms with Gasteiger partial charge in [0, 0.05) is 11.3 Å². The highest BCUT2D eigenvalue weighted by molar-refractivity contribution is 5.95. The maximum atomic E-state index is 12.3. The standard InChI is InChI=1S/C22H23N5O2/c1-4-29-17-11-9-15(10-12-17)19-18(20(23)28)14(3)24-22-25-21(26-27(19)22)16-7-5-13(2)6-8-16/h5-12,19H,4H2,1-3H3,(H2,23,28)(H,24,25,26). The monoisotopic (exact) mass is 389 g/mol. The first kappa shape index (κ1) is 18.7. The van der Waals surface area contributed by atoms with Gasteiger partial charge in [0.25, 0.3) is 0 Å². The number of amides is 1. The molecule has 1 unspecified atom stereocenters. The van der Waals surface area contributed by atoms with Gasteiger partial charge in [-0.25, -0.2) is 4.68 Å². The predicted octanol–water partition coefficient (Wildman–Crippen LogP) is 3.43. The summed E-state index contributed by atoms with van der Waals surface area (Å²) in [6.07, 6.45) is 0. The number of ether oxygens (including phenoxy) is 1. The van der Waals surface area contributed by atoms with Crippen LogP contribution in [0, 0.1) is 6.92 Å². The van der Waals surface area contributed by atoms with Crippen LogP contribution in [0.25, 0.3) is 11.4 Å². The van der Waals surface area contributed by atoms with Crippen LogP contribution in [0.15, 0.2) is 59.8 Å². The van der Waals surface area contributed by atoms with Gasteiger partial charge in [0.2, 0.25) is 11.9 Å². The van der Waals surface area contributed by atoms with Gasteiger partial charge in [0.15, 0.2) is 5.82 Å². The lowest BCUT2D eigenvalue weighted by Crippen LogP contribution is -2.31. The molecular formula is C22H23N5O2. The number of aromatic nitrogens is 3. The van der Waals surface area contributed by atoms with E-state index in [0.717, 1.165) is 22.4 Å². The van der Waals surface area contributed by atoms with E-state index in [2.05, 4.69) is 10.3 Å². The number of primary amides is 1. The third kappa shape index (κ3) is 3.47. The van der Waals surface area contributed by atoms with Gasteiger partial charge in [-0.1, -0.05) is 42.0 Å². The smallest absolute Gasteiger partial charge is 0.248 e. The molecule has 7 nitrogen and oxygen atoms in total. The highest BCUT2D eigenvalue weighted by Gasteiger charge is 2.33. The first-order valence-corrected chi connectivity index (χ1v) is 9.52. The summed E-state index contributed by atoms with van der Waals surface area (Å²) < 4.78 is 7.25. The Bertz CT molecular complexity index is 1080. The summed E-state index contributed by atoms with van der Waals surface area (Å²) in [4.78, 5) is 16.9. The molecule has 1 atom stereocenters. The van der Waals surface area contributed by atoms with Gasteiger partial charge in [-0.2, -0.15) is 4.98 Å². The molecule has 1 aromatic heterocycles. The Labute approximate surface area is 169 Å². The van der Waals surface area contributed by atoms with E-state index in [-0.39, 0.29) is 0 Å². The highest BCUT2D eigenvalue weighted by atomic mass is 16.5. The zero-order chi connectivity index (χ0) is 20.5. The summed E-state index contributed by atoms with van der Waals surface area (Å²) in [5.74, 6) is 1.43. The minimum absolute atomic E-state index is 0.460. The van der Waals surface area contributed by atoms with E-state index < -0.39 is 11.9 Å². The summed E-state index contributed by atoms with van der Waals surface area (Å²) in [5.41, 5.74) is 9.81. The van der Waals surface area contributed by atoms with Crippen molar-refractivity contribution in [1.29, 1.82) is 0 Å². The molecule has 0 aliphatic carbocycles. The average Bonchev–Trinajstić information content (AvgIpc) is 3.11. The summed E-state index contributed by atoms with van der Waals surface area (Å²) in [7, 11) is 0. The number of hydrogen-bond donors (Lipinski definition) is 2. The molecule has 4 rings (SSSR count). The molecule has 0 saturated carbocycles. The molecule has 148 valence electrons. The van der Waals surface area contributed by atoms with Crippen molar-refractivity contribution in [1.82, 2.24) is 14.8 Å². The molecule has 29 heavy (non-hydrogen) atoms. The fourth-order valence-electron chi connectivity index (χ4n) is 3.52. The van der Waals surface area contributed by atoms with Crippen molar-refractivity contribution in [3.05, 3.63) is 70.9 Å². The van der Waals surface area contributed by atoms with Gasteiger partial charge in [-0.3, -0.25) is 4.79 Å². The summed E-state index contributed by atoms with van der Waals surface area (Å²) >= 11 is 0. The molecule has 3 aromatic rings. The zero-order valence-corrected chi connectivity index (χ0v) is 16.6. The normalized spacial score (nSPS) is 15.6. The van der Waals surface area contributed by atoms with Gasteiger partial charge in [-0.15, -0.1) is 5.10 Å². The van der Waals surface area contributed by atoms with Crippen LogP contribution in [-0.2, 0) is 4.79 Å². The zero-order valence-electron chi connectivity index (χ0n) is 16.6. The Morgan fingerprint density at radius 2 is 1.83 bits per heavy atom. The molecule has 1 aliphatic heterocycles. The molecule has 1 amide bonds. The van der Waals surface area contributed by atoms with Crippen LogP contribution in [0.5, 0.6) is 5.75 Å². The number of carbonyl (C=O) groups is 1. The maximum Gasteiger partial charge on any atom is 0.248 e. The summed E-state index contributed by atoms with van der Waals surface area (Å²) in [6.45, 7) is 6.38. The largest absolute Gasteiger partial charge is 0.494 e. The van der Waals surface area contributed by atoms with Gasteiger partial charge in [0.05, 0.1) is 12.2 Å². The molecule has 0 fully saturated rings. The predicted molar refractivity (Wildman–Crippen MR) is 111 cm³/mol. The molecule has 0 saturated heterocycles. The number of hydrogen-bond acceptors (Lipinski definition) is 5. The van der Waals surface area contributed by atoms with Crippen LogP contribution >= 0.6 is 0 Å². The first-order valence-electron chi connectivity index (χ1n) is 9.52. The summed E-state index contributed by atoms with van der Waals surface area (Å²) in [5, 5.41) is 7.87. The average molecular weight is 389 g/mol. The second-order valence-electron chi connectivity index (χ2n) is 7.00. The number of allylic oxidation sites excluding steroid dienone is 1. The van der Waals surface area contributed by atoms with Crippen LogP contribution in [0.2, 0.25) is 0 Å². The van der Waals surface area contributed by atoms with E-state index in [9.17, 15) is 4.79 Å². The van der Waals surface area contributed by atoms with Crippen molar-refractivity contribution in [2.24, 2.45) is 5.73 Å². The number of nitrogens with zero attached hydrogens (tertiary/aromatic N) is 3. The Balaban J connectivity index is 1.81. The molecule has 0 spiro atoms. The molecule has 2 heterocycles. The number of fused-ring (bicyclic) bond motifs is 1.